The summed E-state index contributed by atoms with van der Waals surface area (Å²) in [6, 6.07) is 34.6. The van der Waals surface area contributed by atoms with Gasteiger partial charge in [0.1, 0.15) is 0 Å². The van der Waals surface area contributed by atoms with E-state index in [1.807, 2.05) is 69.2 Å². The molecule has 0 spiro atoms. The predicted molar refractivity (Wildman–Crippen MR) is 166 cm³/mol. The second-order valence-electron chi connectivity index (χ2n) is 6.98. The van der Waals surface area contributed by atoms with E-state index in [9.17, 15) is 0 Å². The van der Waals surface area contributed by atoms with Gasteiger partial charge in [0.25, 0.3) is 0 Å². The number of hydrogen-bond acceptors (Lipinski definition) is 0. The lowest BCUT2D eigenvalue weighted by Crippen LogP contribution is -1.77. The molecule has 36 heavy (non-hydrogen) atoms. The van der Waals surface area contributed by atoms with Gasteiger partial charge in [-0.3, -0.25) is 0 Å². The van der Waals surface area contributed by atoms with Crippen molar-refractivity contribution in [1.82, 2.24) is 0 Å². The second kappa shape index (κ2) is 20.1. The molecule has 0 heterocycles. The van der Waals surface area contributed by atoms with E-state index < -0.39 is 0 Å². The molecule has 2 aliphatic rings. The van der Waals surface area contributed by atoms with Gasteiger partial charge in [0.2, 0.25) is 0 Å². The quantitative estimate of drug-likeness (QED) is 0.202. The molecule has 6 rings (SSSR count). The molecule has 0 atom stereocenters. The molecular weight excluding hydrogens is 432 g/mol. The summed E-state index contributed by atoms with van der Waals surface area (Å²) in [5.74, 6) is 0. The second-order valence-corrected chi connectivity index (χ2v) is 6.98. The van der Waals surface area contributed by atoms with Crippen LogP contribution in [0.3, 0.4) is 0 Å². The zero-order valence-corrected chi connectivity index (χ0v) is 24.7. The molecule has 4 aromatic rings. The molecule has 0 N–H and O–H groups in total. The molecule has 0 bridgehead atoms. The number of rotatable bonds is 0. The van der Waals surface area contributed by atoms with Crippen LogP contribution in [0.2, 0.25) is 0 Å². The van der Waals surface area contributed by atoms with Gasteiger partial charge in [0.15, 0.2) is 0 Å². The molecule has 0 saturated carbocycles. The zero-order valence-electron chi connectivity index (χ0n) is 24.7. The Morgan fingerprint density at radius 3 is 0.639 bits per heavy atom. The standard InChI is InChI=1S/2C13H10.5C2H6/c2*1-3-7-12-10(5-1)9-11-6-2-4-8-13(11)12;5*1-2/h2*1-8H,9H2;5*1-2H3. The molecule has 0 amide bonds. The highest BCUT2D eigenvalue weighted by Gasteiger charge is 2.16. The third-order valence-corrected chi connectivity index (χ3v) is 5.41. The van der Waals surface area contributed by atoms with Gasteiger partial charge >= 0.3 is 0 Å². The van der Waals surface area contributed by atoms with Crippen LogP contribution in [-0.4, -0.2) is 0 Å². The van der Waals surface area contributed by atoms with Crippen molar-refractivity contribution in [3.05, 3.63) is 119 Å². The molecule has 0 saturated heterocycles. The van der Waals surface area contributed by atoms with Crippen LogP contribution < -0.4 is 0 Å². The minimum Gasteiger partial charge on any atom is -0.0683 e. The van der Waals surface area contributed by atoms with Crippen molar-refractivity contribution in [3.8, 4) is 22.3 Å². The Hall–Kier alpha value is -3.12. The van der Waals surface area contributed by atoms with E-state index in [0.717, 1.165) is 12.8 Å². The molecule has 194 valence electrons. The molecule has 0 aromatic heterocycles. The van der Waals surface area contributed by atoms with Crippen LogP contribution in [-0.2, 0) is 12.8 Å². The first-order valence-electron chi connectivity index (χ1n) is 14.2. The van der Waals surface area contributed by atoms with Crippen molar-refractivity contribution in [2.24, 2.45) is 0 Å². The summed E-state index contributed by atoms with van der Waals surface area (Å²) >= 11 is 0. The molecule has 0 radical (unpaired) electrons. The van der Waals surface area contributed by atoms with Crippen molar-refractivity contribution in [2.45, 2.75) is 82.1 Å². The van der Waals surface area contributed by atoms with Crippen LogP contribution in [0.25, 0.3) is 22.3 Å². The van der Waals surface area contributed by atoms with E-state index in [2.05, 4.69) is 97.1 Å². The summed E-state index contributed by atoms with van der Waals surface area (Å²) in [5.41, 5.74) is 11.5. The van der Waals surface area contributed by atoms with Gasteiger partial charge in [0, 0.05) is 0 Å². The highest BCUT2D eigenvalue weighted by atomic mass is 14.2. The Bertz CT molecular complexity index is 912. The first kappa shape index (κ1) is 32.9. The topological polar surface area (TPSA) is 0 Å². The third kappa shape index (κ3) is 8.52. The van der Waals surface area contributed by atoms with Gasteiger partial charge in [-0.25, -0.2) is 0 Å². The first-order chi connectivity index (χ1) is 17.9. The molecular formula is C36H50. The van der Waals surface area contributed by atoms with Gasteiger partial charge in [0.05, 0.1) is 0 Å². The Morgan fingerprint density at radius 2 is 0.444 bits per heavy atom. The minimum atomic E-state index is 1.10. The molecule has 0 aliphatic heterocycles. The zero-order chi connectivity index (χ0) is 27.3. The fourth-order valence-electron chi connectivity index (χ4n) is 4.16. The fraction of sp³-hybridized carbons (Fsp3) is 0.333. The Kier molecular flexibility index (Phi) is 18.4. The third-order valence-electron chi connectivity index (χ3n) is 5.41. The smallest absolute Gasteiger partial charge is 0.00135 e. The van der Waals surface area contributed by atoms with Gasteiger partial charge in [-0.05, 0) is 57.3 Å². The SMILES string of the molecule is CC.CC.CC.CC.CC.c1ccc2c(c1)Cc1ccccc1-2.c1ccc2c(c1)Cc1ccccc1-2. The fourth-order valence-corrected chi connectivity index (χ4v) is 4.16. The summed E-state index contributed by atoms with van der Waals surface area (Å²) in [6.45, 7) is 20.0. The van der Waals surface area contributed by atoms with Crippen molar-refractivity contribution in [2.75, 3.05) is 0 Å². The first-order valence-corrected chi connectivity index (χ1v) is 14.2. The predicted octanol–water partition coefficient (Wildman–Crippen LogP) is 11.6. The average molecular weight is 483 g/mol. The Morgan fingerprint density at radius 1 is 0.278 bits per heavy atom. The summed E-state index contributed by atoms with van der Waals surface area (Å²) in [4.78, 5) is 0. The molecule has 4 aromatic carbocycles. The monoisotopic (exact) mass is 482 g/mol. The van der Waals surface area contributed by atoms with Gasteiger partial charge in [-0.1, -0.05) is 166 Å². The summed E-state index contributed by atoms with van der Waals surface area (Å²) in [6.07, 6.45) is 2.21. The summed E-state index contributed by atoms with van der Waals surface area (Å²) in [5, 5.41) is 0. The average Bonchev–Trinajstić information content (AvgIpc) is 3.57. The van der Waals surface area contributed by atoms with E-state index >= 15 is 0 Å². The molecule has 0 heteroatoms. The number of fused-ring (bicyclic) bond motifs is 6. The largest absolute Gasteiger partial charge is 0.0683 e. The van der Waals surface area contributed by atoms with Gasteiger partial charge < -0.3 is 0 Å². The molecule has 0 nitrogen and oxygen atoms in total. The number of hydrogen-bond donors (Lipinski definition) is 0. The van der Waals surface area contributed by atoms with Crippen LogP contribution in [0.4, 0.5) is 0 Å². The van der Waals surface area contributed by atoms with E-state index in [1.165, 1.54) is 44.5 Å². The van der Waals surface area contributed by atoms with Crippen LogP contribution in [0.15, 0.2) is 97.1 Å². The maximum absolute atomic E-state index is 2.22. The lowest BCUT2D eigenvalue weighted by atomic mass is 10.1. The van der Waals surface area contributed by atoms with Crippen LogP contribution in [0.5, 0.6) is 0 Å². The van der Waals surface area contributed by atoms with Crippen LogP contribution in [0.1, 0.15) is 91.5 Å². The Labute approximate surface area is 223 Å². The molecule has 2 aliphatic carbocycles. The maximum Gasteiger partial charge on any atom is -0.00135 e. The minimum absolute atomic E-state index is 1.10. The van der Waals surface area contributed by atoms with E-state index in [4.69, 9.17) is 0 Å². The van der Waals surface area contributed by atoms with E-state index in [0.29, 0.717) is 0 Å². The number of benzene rings is 4. The van der Waals surface area contributed by atoms with E-state index in [-0.39, 0.29) is 0 Å². The van der Waals surface area contributed by atoms with Gasteiger partial charge in [-0.15, -0.1) is 0 Å². The van der Waals surface area contributed by atoms with Crippen molar-refractivity contribution >= 4 is 0 Å². The summed E-state index contributed by atoms with van der Waals surface area (Å²) in [7, 11) is 0. The van der Waals surface area contributed by atoms with Crippen molar-refractivity contribution in [3.63, 3.8) is 0 Å². The highest BCUT2D eigenvalue weighted by molar-refractivity contribution is 5.77. The van der Waals surface area contributed by atoms with Crippen LogP contribution >= 0.6 is 0 Å². The highest BCUT2D eigenvalue weighted by Crippen LogP contribution is 2.36. The molecule has 0 unspecified atom stereocenters. The maximum atomic E-state index is 2.22. The summed E-state index contributed by atoms with van der Waals surface area (Å²) < 4.78 is 0. The Balaban J connectivity index is 0.000000508. The lowest BCUT2D eigenvalue weighted by Gasteiger charge is -1.98. The van der Waals surface area contributed by atoms with Gasteiger partial charge in [-0.2, -0.15) is 0 Å². The normalized spacial score (nSPS) is 9.72. The lowest BCUT2D eigenvalue weighted by molar-refractivity contribution is 1.26. The van der Waals surface area contributed by atoms with Crippen molar-refractivity contribution < 1.29 is 0 Å². The van der Waals surface area contributed by atoms with E-state index in [1.54, 1.807) is 0 Å². The molecule has 0 fully saturated rings. The van der Waals surface area contributed by atoms with Crippen molar-refractivity contribution in [1.29, 1.82) is 0 Å². The van der Waals surface area contributed by atoms with Crippen LogP contribution in [0, 0.1) is 0 Å².